The van der Waals surface area contributed by atoms with Crippen molar-refractivity contribution in [1.82, 2.24) is 14.9 Å². The molecule has 0 bridgehead atoms. The summed E-state index contributed by atoms with van der Waals surface area (Å²) < 4.78 is 0. The molecule has 1 saturated heterocycles. The van der Waals surface area contributed by atoms with E-state index in [1.54, 1.807) is 0 Å². The number of fused-ring (bicyclic) bond motifs is 2. The third-order valence-electron chi connectivity index (χ3n) is 5.99. The van der Waals surface area contributed by atoms with Crippen molar-refractivity contribution in [1.29, 1.82) is 0 Å². The molecular weight excluding hydrogens is 352 g/mol. The topological polar surface area (TPSA) is 32.3 Å². The Morgan fingerprint density at radius 3 is 2.85 bits per heavy atom. The lowest BCUT2D eigenvalue weighted by Crippen LogP contribution is -2.36. The molecule has 27 heavy (non-hydrogen) atoms. The van der Waals surface area contributed by atoms with E-state index >= 15 is 0 Å². The van der Waals surface area contributed by atoms with Crippen molar-refractivity contribution in [3.05, 3.63) is 76.0 Å². The maximum atomic E-state index is 4.85. The molecule has 5 heteroatoms. The highest BCUT2D eigenvalue weighted by Gasteiger charge is 2.48. The molecule has 3 aromatic rings. The molecule has 0 amide bonds. The molecule has 5 rings (SSSR count). The van der Waals surface area contributed by atoms with E-state index in [2.05, 4.69) is 51.4 Å². The van der Waals surface area contributed by atoms with Crippen LogP contribution in [0.25, 0.3) is 0 Å². The molecule has 0 saturated carbocycles. The van der Waals surface area contributed by atoms with Gasteiger partial charge in [0.1, 0.15) is 0 Å². The molecule has 0 aromatic carbocycles. The lowest BCUT2D eigenvalue weighted by Gasteiger charge is -2.26. The lowest BCUT2D eigenvalue weighted by atomic mass is 9.85. The molecule has 1 unspecified atom stereocenters. The van der Waals surface area contributed by atoms with Gasteiger partial charge in [0.25, 0.3) is 0 Å². The van der Waals surface area contributed by atoms with Crippen molar-refractivity contribution in [2.75, 3.05) is 24.5 Å². The van der Waals surface area contributed by atoms with Crippen molar-refractivity contribution in [2.45, 2.75) is 31.8 Å². The monoisotopic (exact) mass is 376 g/mol. The van der Waals surface area contributed by atoms with E-state index in [1.165, 1.54) is 33.8 Å². The van der Waals surface area contributed by atoms with E-state index in [1.807, 2.05) is 36.0 Å². The number of rotatable bonds is 4. The third kappa shape index (κ3) is 3.05. The fraction of sp³-hybridized carbons (Fsp3) is 0.364. The molecule has 2 aliphatic rings. The number of aromatic nitrogens is 2. The Labute approximate surface area is 164 Å². The SMILES string of the molecule is Cc1ccsc1CN1CCC2(C1)CN(Cc1cccnc1)c1cccnc12. The van der Waals surface area contributed by atoms with Crippen LogP contribution in [0.3, 0.4) is 0 Å². The number of pyridine rings is 2. The minimum Gasteiger partial charge on any atom is -0.365 e. The number of anilines is 1. The summed E-state index contributed by atoms with van der Waals surface area (Å²) in [5.74, 6) is 0. The Bertz CT molecular complexity index is 938. The summed E-state index contributed by atoms with van der Waals surface area (Å²) in [6, 6.07) is 10.7. The molecule has 3 aromatic heterocycles. The molecule has 1 atom stereocenters. The minimum absolute atomic E-state index is 0.157. The maximum absolute atomic E-state index is 4.85. The number of nitrogens with zero attached hydrogens (tertiary/aromatic N) is 4. The average molecular weight is 377 g/mol. The zero-order valence-corrected chi connectivity index (χ0v) is 16.5. The quantitative estimate of drug-likeness (QED) is 0.689. The van der Waals surface area contributed by atoms with Gasteiger partial charge in [-0.05, 0) is 60.7 Å². The summed E-state index contributed by atoms with van der Waals surface area (Å²) in [5.41, 5.74) is 5.43. The molecule has 1 fully saturated rings. The summed E-state index contributed by atoms with van der Waals surface area (Å²) >= 11 is 1.88. The second-order valence-electron chi connectivity index (χ2n) is 7.86. The van der Waals surface area contributed by atoms with E-state index in [4.69, 9.17) is 4.98 Å². The van der Waals surface area contributed by atoms with Crippen LogP contribution in [0, 0.1) is 6.92 Å². The molecule has 138 valence electrons. The molecule has 1 spiro atoms. The van der Waals surface area contributed by atoms with Crippen molar-refractivity contribution in [2.24, 2.45) is 0 Å². The van der Waals surface area contributed by atoms with Crippen LogP contribution in [0.1, 0.15) is 28.1 Å². The van der Waals surface area contributed by atoms with Gasteiger partial charge in [-0.3, -0.25) is 14.9 Å². The number of aryl methyl sites for hydroxylation is 1. The van der Waals surface area contributed by atoms with E-state index in [0.717, 1.165) is 32.7 Å². The van der Waals surface area contributed by atoms with Crippen LogP contribution in [0.4, 0.5) is 5.69 Å². The van der Waals surface area contributed by atoms with Gasteiger partial charge < -0.3 is 4.90 Å². The zero-order valence-electron chi connectivity index (χ0n) is 15.6. The first-order valence-electron chi connectivity index (χ1n) is 9.58. The number of likely N-dealkylation sites (tertiary alicyclic amines) is 1. The van der Waals surface area contributed by atoms with E-state index in [9.17, 15) is 0 Å². The molecule has 0 aliphatic carbocycles. The Hall–Kier alpha value is -2.24. The van der Waals surface area contributed by atoms with Crippen LogP contribution in [0.2, 0.25) is 0 Å². The van der Waals surface area contributed by atoms with Gasteiger partial charge in [-0.2, -0.15) is 0 Å². The van der Waals surface area contributed by atoms with Gasteiger partial charge >= 0.3 is 0 Å². The van der Waals surface area contributed by atoms with E-state index in [0.29, 0.717) is 0 Å². The van der Waals surface area contributed by atoms with Crippen LogP contribution in [-0.2, 0) is 18.5 Å². The lowest BCUT2D eigenvalue weighted by molar-refractivity contribution is 0.307. The highest BCUT2D eigenvalue weighted by Crippen LogP contribution is 2.45. The minimum atomic E-state index is 0.157. The van der Waals surface area contributed by atoms with Crippen molar-refractivity contribution in [3.8, 4) is 0 Å². The second kappa shape index (κ2) is 6.73. The van der Waals surface area contributed by atoms with Crippen LogP contribution in [0.15, 0.2) is 54.3 Å². The fourth-order valence-corrected chi connectivity index (χ4v) is 5.57. The molecule has 5 heterocycles. The Kier molecular flexibility index (Phi) is 4.21. The van der Waals surface area contributed by atoms with E-state index in [-0.39, 0.29) is 5.41 Å². The van der Waals surface area contributed by atoms with Gasteiger partial charge in [-0.1, -0.05) is 6.07 Å². The average Bonchev–Trinajstić information content (AvgIpc) is 3.37. The molecule has 4 nitrogen and oxygen atoms in total. The maximum Gasteiger partial charge on any atom is 0.0729 e. The molecule has 2 aliphatic heterocycles. The van der Waals surface area contributed by atoms with Gasteiger partial charge in [0.15, 0.2) is 0 Å². The molecule has 0 radical (unpaired) electrons. The first-order valence-corrected chi connectivity index (χ1v) is 10.5. The first-order chi connectivity index (χ1) is 13.2. The van der Waals surface area contributed by atoms with Gasteiger partial charge in [0.2, 0.25) is 0 Å². The first kappa shape index (κ1) is 16.9. The molecule has 0 N–H and O–H groups in total. The smallest absolute Gasteiger partial charge is 0.0729 e. The third-order valence-corrected chi connectivity index (χ3v) is 7.00. The summed E-state index contributed by atoms with van der Waals surface area (Å²) in [7, 11) is 0. The Morgan fingerprint density at radius 2 is 2.04 bits per heavy atom. The van der Waals surface area contributed by atoms with Gasteiger partial charge in [-0.15, -0.1) is 11.3 Å². The van der Waals surface area contributed by atoms with Gasteiger partial charge in [-0.25, -0.2) is 0 Å². The van der Waals surface area contributed by atoms with Crippen LogP contribution < -0.4 is 4.90 Å². The molecular formula is C22H24N4S. The largest absolute Gasteiger partial charge is 0.365 e. The van der Waals surface area contributed by atoms with Gasteiger partial charge in [0.05, 0.1) is 11.4 Å². The summed E-state index contributed by atoms with van der Waals surface area (Å²) in [6.45, 7) is 7.48. The predicted octanol–water partition coefficient (Wildman–Crippen LogP) is 4.01. The van der Waals surface area contributed by atoms with E-state index < -0.39 is 0 Å². The Morgan fingerprint density at radius 1 is 1.11 bits per heavy atom. The van der Waals surface area contributed by atoms with Crippen molar-refractivity contribution >= 4 is 17.0 Å². The number of thiophene rings is 1. The summed E-state index contributed by atoms with van der Waals surface area (Å²) in [5, 5.41) is 2.21. The van der Waals surface area contributed by atoms with Crippen molar-refractivity contribution in [3.63, 3.8) is 0 Å². The number of hydrogen-bond donors (Lipinski definition) is 0. The normalized spacial score (nSPS) is 21.9. The van der Waals surface area contributed by atoms with Crippen molar-refractivity contribution < 1.29 is 0 Å². The second-order valence-corrected chi connectivity index (χ2v) is 8.86. The summed E-state index contributed by atoms with van der Waals surface area (Å²) in [6.07, 6.45) is 6.96. The predicted molar refractivity (Wildman–Crippen MR) is 110 cm³/mol. The van der Waals surface area contributed by atoms with Crippen LogP contribution in [-0.4, -0.2) is 34.5 Å². The zero-order chi connectivity index (χ0) is 18.3. The summed E-state index contributed by atoms with van der Waals surface area (Å²) in [4.78, 5) is 15.8. The standard InChI is InChI=1S/C22H24N4S/c1-17-6-11-27-20(17)14-25-10-7-22(15-25)16-26(13-18-4-2-8-23-12-18)19-5-3-9-24-21(19)22/h2-6,8-9,11-12H,7,10,13-16H2,1H3. The highest BCUT2D eigenvalue weighted by molar-refractivity contribution is 7.10. The fourth-order valence-electron chi connectivity index (χ4n) is 4.62. The van der Waals surface area contributed by atoms with Gasteiger partial charge in [0, 0.05) is 55.1 Å². The highest BCUT2D eigenvalue weighted by atomic mass is 32.1. The van der Waals surface area contributed by atoms with Crippen LogP contribution >= 0.6 is 11.3 Å². The number of hydrogen-bond acceptors (Lipinski definition) is 5. The Balaban J connectivity index is 1.39. The van der Waals surface area contributed by atoms with Crippen LogP contribution in [0.5, 0.6) is 0 Å².